The first kappa shape index (κ1) is 19.2. The molecule has 1 fully saturated rings. The summed E-state index contributed by atoms with van der Waals surface area (Å²) in [6.07, 6.45) is 1.86. The molecule has 1 N–H and O–H groups in total. The van der Waals surface area contributed by atoms with Crippen LogP contribution in [0.1, 0.15) is 50.9 Å². The van der Waals surface area contributed by atoms with E-state index in [2.05, 4.69) is 5.32 Å². The zero-order valence-electron chi connectivity index (χ0n) is 14.6. The zero-order chi connectivity index (χ0) is 18.1. The maximum atomic E-state index is 12.9. The molecule has 0 saturated carbocycles. The van der Waals surface area contributed by atoms with Crippen LogP contribution in [0.25, 0.3) is 0 Å². The number of rotatable bonds is 3. The van der Waals surface area contributed by atoms with Crippen LogP contribution < -0.4 is 5.32 Å². The Kier molecular flexibility index (Phi) is 5.62. The molecule has 1 aliphatic heterocycles. The summed E-state index contributed by atoms with van der Waals surface area (Å²) in [5.41, 5.74) is -0.115. The number of halogens is 1. The Bertz CT molecular complexity index is 726. The van der Waals surface area contributed by atoms with Crippen molar-refractivity contribution in [2.75, 3.05) is 13.1 Å². The highest BCUT2D eigenvalue weighted by Crippen LogP contribution is 2.29. The van der Waals surface area contributed by atoms with Crippen LogP contribution in [0.5, 0.6) is 0 Å². The summed E-state index contributed by atoms with van der Waals surface area (Å²) < 4.78 is 27.3. The van der Waals surface area contributed by atoms with Gasteiger partial charge in [0, 0.05) is 24.2 Å². The van der Waals surface area contributed by atoms with E-state index >= 15 is 0 Å². The number of carbonyl (C=O) groups excluding carboxylic acids is 1. The lowest BCUT2D eigenvalue weighted by Crippen LogP contribution is -2.41. The van der Waals surface area contributed by atoms with E-state index in [1.54, 1.807) is 6.07 Å². The molecule has 1 atom stereocenters. The molecule has 1 unspecified atom stereocenters. The number of hydrogen-bond acceptors (Lipinski definition) is 3. The van der Waals surface area contributed by atoms with E-state index in [1.165, 1.54) is 16.4 Å². The maximum Gasteiger partial charge on any atom is 0.251 e. The highest BCUT2D eigenvalue weighted by atomic mass is 35.5. The Morgan fingerprint density at radius 1 is 1.33 bits per heavy atom. The smallest absolute Gasteiger partial charge is 0.251 e. The van der Waals surface area contributed by atoms with Crippen molar-refractivity contribution in [3.05, 3.63) is 28.8 Å². The summed E-state index contributed by atoms with van der Waals surface area (Å²) in [6, 6.07) is 4.39. The molecule has 24 heavy (non-hydrogen) atoms. The molecule has 134 valence electrons. The van der Waals surface area contributed by atoms with Gasteiger partial charge in [-0.25, -0.2) is 8.42 Å². The molecular weight excluding hydrogens is 348 g/mol. The van der Waals surface area contributed by atoms with Gasteiger partial charge in [0.1, 0.15) is 4.90 Å². The van der Waals surface area contributed by atoms with Gasteiger partial charge >= 0.3 is 0 Å². The van der Waals surface area contributed by atoms with Crippen LogP contribution in [0.2, 0.25) is 5.02 Å². The van der Waals surface area contributed by atoms with E-state index in [1.807, 2.05) is 27.7 Å². The Balaban J connectivity index is 2.36. The summed E-state index contributed by atoms with van der Waals surface area (Å²) in [5, 5.41) is 2.97. The van der Waals surface area contributed by atoms with Gasteiger partial charge in [-0.05, 0) is 57.7 Å². The van der Waals surface area contributed by atoms with E-state index in [0.717, 1.165) is 12.8 Å². The fourth-order valence-electron chi connectivity index (χ4n) is 2.76. The Morgan fingerprint density at radius 2 is 2.00 bits per heavy atom. The van der Waals surface area contributed by atoms with Gasteiger partial charge in [0.2, 0.25) is 10.0 Å². The molecule has 2 rings (SSSR count). The average molecular weight is 373 g/mol. The zero-order valence-corrected chi connectivity index (χ0v) is 16.2. The van der Waals surface area contributed by atoms with Crippen molar-refractivity contribution in [3.8, 4) is 0 Å². The van der Waals surface area contributed by atoms with Gasteiger partial charge in [-0.2, -0.15) is 4.31 Å². The van der Waals surface area contributed by atoms with Crippen molar-refractivity contribution in [1.29, 1.82) is 0 Å². The fourth-order valence-corrected chi connectivity index (χ4v) is 4.86. The topological polar surface area (TPSA) is 66.5 Å². The minimum atomic E-state index is -3.70. The minimum Gasteiger partial charge on any atom is -0.347 e. The van der Waals surface area contributed by atoms with Crippen LogP contribution in [0.15, 0.2) is 23.1 Å². The molecule has 1 saturated heterocycles. The lowest BCUT2D eigenvalue weighted by Gasteiger charge is -2.30. The van der Waals surface area contributed by atoms with Crippen molar-refractivity contribution >= 4 is 27.5 Å². The van der Waals surface area contributed by atoms with Gasteiger partial charge in [-0.15, -0.1) is 0 Å². The van der Waals surface area contributed by atoms with E-state index in [-0.39, 0.29) is 21.4 Å². The molecule has 0 aromatic heterocycles. The molecule has 7 heteroatoms. The van der Waals surface area contributed by atoms with Crippen molar-refractivity contribution < 1.29 is 13.2 Å². The number of sulfonamides is 1. The molecule has 1 aliphatic rings. The molecule has 1 aromatic carbocycles. The van der Waals surface area contributed by atoms with Gasteiger partial charge in [-0.3, -0.25) is 4.79 Å². The lowest BCUT2D eigenvalue weighted by molar-refractivity contribution is 0.0919. The number of nitrogens with zero attached hydrogens (tertiary/aromatic N) is 1. The van der Waals surface area contributed by atoms with Crippen LogP contribution in [-0.4, -0.2) is 37.3 Å². The fraction of sp³-hybridized carbons (Fsp3) is 0.588. The van der Waals surface area contributed by atoms with Crippen molar-refractivity contribution in [3.63, 3.8) is 0 Å². The largest absolute Gasteiger partial charge is 0.347 e. The van der Waals surface area contributed by atoms with Crippen LogP contribution in [0, 0.1) is 5.92 Å². The monoisotopic (exact) mass is 372 g/mol. The second kappa shape index (κ2) is 7.02. The minimum absolute atomic E-state index is 0.000161. The number of nitrogens with one attached hydrogen (secondary N) is 1. The van der Waals surface area contributed by atoms with Gasteiger partial charge in [-0.1, -0.05) is 18.5 Å². The quantitative estimate of drug-likeness (QED) is 0.885. The number of amides is 1. The molecule has 0 bridgehead atoms. The first-order valence-corrected chi connectivity index (χ1v) is 9.95. The summed E-state index contributed by atoms with van der Waals surface area (Å²) in [7, 11) is -3.70. The van der Waals surface area contributed by atoms with E-state index in [0.29, 0.717) is 19.0 Å². The first-order chi connectivity index (χ1) is 11.0. The molecule has 1 amide bonds. The van der Waals surface area contributed by atoms with Crippen LogP contribution >= 0.6 is 11.6 Å². The highest BCUT2D eigenvalue weighted by molar-refractivity contribution is 7.89. The molecular formula is C17H25ClN2O3S. The summed E-state index contributed by atoms with van der Waals surface area (Å²) in [4.78, 5) is 12.3. The second-order valence-electron chi connectivity index (χ2n) is 7.46. The normalized spacial score (nSPS) is 20.0. The van der Waals surface area contributed by atoms with E-state index in [9.17, 15) is 13.2 Å². The highest BCUT2D eigenvalue weighted by Gasteiger charge is 2.31. The maximum absolute atomic E-state index is 12.9. The molecule has 1 heterocycles. The van der Waals surface area contributed by atoms with E-state index in [4.69, 9.17) is 11.6 Å². The number of carbonyl (C=O) groups is 1. The van der Waals surface area contributed by atoms with Crippen molar-refractivity contribution in [1.82, 2.24) is 9.62 Å². The predicted molar refractivity (Wildman–Crippen MR) is 95.8 cm³/mol. The Morgan fingerprint density at radius 3 is 2.58 bits per heavy atom. The van der Waals surface area contributed by atoms with Gasteiger partial charge in [0.05, 0.1) is 5.02 Å². The number of benzene rings is 1. The molecule has 0 radical (unpaired) electrons. The third-order valence-corrected chi connectivity index (χ3v) is 6.27. The third kappa shape index (κ3) is 4.49. The standard InChI is InChI=1S/C17H25ClN2O3S/c1-12-6-5-9-20(11-12)24(22,23)15-10-13(7-8-14(15)18)16(21)19-17(2,3)4/h7-8,10,12H,5-6,9,11H2,1-4H3,(H,19,21). The van der Waals surface area contributed by atoms with Gasteiger partial charge in [0.15, 0.2) is 0 Å². The van der Waals surface area contributed by atoms with Crippen LogP contribution in [0.4, 0.5) is 0 Å². The molecule has 5 nitrogen and oxygen atoms in total. The Labute approximate surface area is 149 Å². The molecule has 1 aromatic rings. The Hall–Kier alpha value is -1.11. The summed E-state index contributed by atoms with van der Waals surface area (Å²) >= 11 is 6.14. The summed E-state index contributed by atoms with van der Waals surface area (Å²) in [6.45, 7) is 8.61. The number of hydrogen-bond donors (Lipinski definition) is 1. The SMILES string of the molecule is CC1CCCN(S(=O)(=O)c2cc(C(=O)NC(C)(C)C)ccc2Cl)C1. The molecule has 0 aliphatic carbocycles. The van der Waals surface area contributed by atoms with Gasteiger partial charge in [0.25, 0.3) is 5.91 Å². The lowest BCUT2D eigenvalue weighted by atomic mass is 10.0. The van der Waals surface area contributed by atoms with Crippen molar-refractivity contribution in [2.45, 2.75) is 51.0 Å². The average Bonchev–Trinajstić information content (AvgIpc) is 2.45. The van der Waals surface area contributed by atoms with Crippen LogP contribution in [0.3, 0.4) is 0 Å². The molecule has 0 spiro atoms. The van der Waals surface area contributed by atoms with Crippen LogP contribution in [-0.2, 0) is 10.0 Å². The van der Waals surface area contributed by atoms with Gasteiger partial charge < -0.3 is 5.32 Å². The predicted octanol–water partition coefficient (Wildman–Crippen LogP) is 3.29. The summed E-state index contributed by atoms with van der Waals surface area (Å²) in [5.74, 6) is 0.00213. The second-order valence-corrected chi connectivity index (χ2v) is 9.77. The number of piperidine rings is 1. The first-order valence-electron chi connectivity index (χ1n) is 8.13. The van der Waals surface area contributed by atoms with E-state index < -0.39 is 15.6 Å². The third-order valence-electron chi connectivity index (χ3n) is 3.92. The van der Waals surface area contributed by atoms with Crippen molar-refractivity contribution in [2.24, 2.45) is 5.92 Å².